The van der Waals surface area contributed by atoms with Gasteiger partial charge in [-0.2, -0.15) is 0 Å². The molecule has 1 fully saturated rings. The van der Waals surface area contributed by atoms with Crippen molar-refractivity contribution in [3.63, 3.8) is 0 Å². The van der Waals surface area contributed by atoms with E-state index in [9.17, 15) is 5.11 Å². The lowest BCUT2D eigenvalue weighted by atomic mass is 10.1. The highest BCUT2D eigenvalue weighted by Crippen LogP contribution is 2.29. The Labute approximate surface area is 115 Å². The normalized spacial score (nSPS) is 23.3. The van der Waals surface area contributed by atoms with Gasteiger partial charge in [0.2, 0.25) is 0 Å². The molecule has 1 aliphatic heterocycles. The third-order valence-corrected chi connectivity index (χ3v) is 3.44. The van der Waals surface area contributed by atoms with E-state index in [0.29, 0.717) is 13.0 Å². The molecule has 1 aliphatic rings. The molecule has 3 heteroatoms. The second-order valence-corrected chi connectivity index (χ2v) is 6.05. The van der Waals surface area contributed by atoms with Crippen molar-refractivity contribution in [2.75, 3.05) is 6.61 Å². The Bertz CT molecular complexity index is 395. The number of aliphatic hydroxyl groups excluding tert-OH is 1. The van der Waals surface area contributed by atoms with Crippen LogP contribution in [-0.2, 0) is 11.2 Å². The quantitative estimate of drug-likeness (QED) is 0.888. The largest absolute Gasteiger partial charge is 0.491 e. The Morgan fingerprint density at radius 2 is 2.05 bits per heavy atom. The van der Waals surface area contributed by atoms with E-state index < -0.39 is 0 Å². The lowest BCUT2D eigenvalue weighted by Gasteiger charge is -2.19. The van der Waals surface area contributed by atoms with E-state index in [1.54, 1.807) is 6.92 Å². The van der Waals surface area contributed by atoms with Crippen LogP contribution in [0.4, 0.5) is 0 Å². The van der Waals surface area contributed by atoms with Gasteiger partial charge in [0.15, 0.2) is 0 Å². The molecule has 0 bridgehead atoms. The van der Waals surface area contributed by atoms with Crippen LogP contribution in [0.1, 0.15) is 39.2 Å². The minimum atomic E-state index is -0.305. The fraction of sp³-hybridized carbons (Fsp3) is 0.625. The summed E-state index contributed by atoms with van der Waals surface area (Å²) in [6.07, 6.45) is 2.73. The highest BCUT2D eigenvalue weighted by molar-refractivity contribution is 5.27. The summed E-state index contributed by atoms with van der Waals surface area (Å²) in [5.74, 6) is 0.864. The molecule has 0 aliphatic carbocycles. The summed E-state index contributed by atoms with van der Waals surface area (Å²) < 4.78 is 11.6. The zero-order chi connectivity index (χ0) is 13.9. The second kappa shape index (κ2) is 5.93. The van der Waals surface area contributed by atoms with Crippen LogP contribution in [0.5, 0.6) is 5.75 Å². The third-order valence-electron chi connectivity index (χ3n) is 3.44. The summed E-state index contributed by atoms with van der Waals surface area (Å²) in [6.45, 7) is 6.65. The smallest absolute Gasteiger partial charge is 0.119 e. The fourth-order valence-corrected chi connectivity index (χ4v) is 2.45. The molecule has 0 amide bonds. The molecule has 0 spiro atoms. The molecule has 1 aromatic carbocycles. The first-order chi connectivity index (χ1) is 8.94. The Kier molecular flexibility index (Phi) is 4.48. The van der Waals surface area contributed by atoms with Crippen molar-refractivity contribution in [1.29, 1.82) is 0 Å². The van der Waals surface area contributed by atoms with Crippen molar-refractivity contribution in [3.05, 3.63) is 29.8 Å². The van der Waals surface area contributed by atoms with Crippen LogP contribution in [0, 0.1) is 0 Å². The zero-order valence-corrected chi connectivity index (χ0v) is 12.1. The fourth-order valence-electron chi connectivity index (χ4n) is 2.45. The van der Waals surface area contributed by atoms with E-state index >= 15 is 0 Å². The van der Waals surface area contributed by atoms with Gasteiger partial charge >= 0.3 is 0 Å². The topological polar surface area (TPSA) is 38.7 Å². The van der Waals surface area contributed by atoms with E-state index in [4.69, 9.17) is 9.47 Å². The molecule has 106 valence electrons. The van der Waals surface area contributed by atoms with Crippen LogP contribution in [0.2, 0.25) is 0 Å². The molecular weight excluding hydrogens is 240 g/mol. The van der Waals surface area contributed by atoms with Gasteiger partial charge in [-0.15, -0.1) is 0 Å². The molecule has 0 saturated carbocycles. The van der Waals surface area contributed by atoms with Gasteiger partial charge in [-0.1, -0.05) is 12.1 Å². The SMILES string of the molecule is CC(O)Cc1ccc(OCC2CCC(C)(C)O2)cc1. The van der Waals surface area contributed by atoms with Gasteiger partial charge in [-0.3, -0.25) is 0 Å². The predicted molar refractivity (Wildman–Crippen MR) is 75.5 cm³/mol. The summed E-state index contributed by atoms with van der Waals surface area (Å²) in [5.41, 5.74) is 1.12. The summed E-state index contributed by atoms with van der Waals surface area (Å²) in [5, 5.41) is 9.32. The molecule has 1 aromatic rings. The minimum Gasteiger partial charge on any atom is -0.491 e. The van der Waals surface area contributed by atoms with Gasteiger partial charge in [0.05, 0.1) is 17.8 Å². The van der Waals surface area contributed by atoms with Gasteiger partial charge in [-0.05, 0) is 57.7 Å². The van der Waals surface area contributed by atoms with Crippen LogP contribution < -0.4 is 4.74 Å². The molecule has 0 radical (unpaired) electrons. The van der Waals surface area contributed by atoms with Gasteiger partial charge in [0.1, 0.15) is 12.4 Å². The first-order valence-corrected chi connectivity index (χ1v) is 7.02. The molecule has 3 nitrogen and oxygen atoms in total. The standard InChI is InChI=1S/C16H24O3/c1-12(17)10-13-4-6-14(7-5-13)18-11-15-8-9-16(2,3)19-15/h4-7,12,15,17H,8-11H2,1-3H3. The third kappa shape index (κ3) is 4.51. The maximum Gasteiger partial charge on any atom is 0.119 e. The minimum absolute atomic E-state index is 0.00481. The maximum absolute atomic E-state index is 9.32. The highest BCUT2D eigenvalue weighted by atomic mass is 16.6. The van der Waals surface area contributed by atoms with E-state index in [1.807, 2.05) is 24.3 Å². The molecule has 1 saturated heterocycles. The maximum atomic E-state index is 9.32. The first kappa shape index (κ1) is 14.4. The lowest BCUT2D eigenvalue weighted by Crippen LogP contribution is -2.23. The Balaban J connectivity index is 1.80. The number of aliphatic hydroxyl groups is 1. The number of hydrogen-bond donors (Lipinski definition) is 1. The van der Waals surface area contributed by atoms with Crippen molar-refractivity contribution in [1.82, 2.24) is 0 Å². The molecule has 19 heavy (non-hydrogen) atoms. The van der Waals surface area contributed by atoms with Gasteiger partial charge in [0.25, 0.3) is 0 Å². The molecule has 2 rings (SSSR count). The van der Waals surface area contributed by atoms with Crippen molar-refractivity contribution in [3.8, 4) is 5.75 Å². The number of ether oxygens (including phenoxy) is 2. The van der Waals surface area contributed by atoms with Crippen LogP contribution in [0.3, 0.4) is 0 Å². The summed E-state index contributed by atoms with van der Waals surface area (Å²) >= 11 is 0. The van der Waals surface area contributed by atoms with Crippen molar-refractivity contribution in [2.45, 2.75) is 57.8 Å². The molecular formula is C16H24O3. The van der Waals surface area contributed by atoms with Crippen molar-refractivity contribution >= 4 is 0 Å². The zero-order valence-electron chi connectivity index (χ0n) is 12.1. The van der Waals surface area contributed by atoms with E-state index in [-0.39, 0.29) is 17.8 Å². The van der Waals surface area contributed by atoms with E-state index in [1.165, 1.54) is 0 Å². The first-order valence-electron chi connectivity index (χ1n) is 7.02. The van der Waals surface area contributed by atoms with Crippen LogP contribution in [0.25, 0.3) is 0 Å². The molecule has 1 N–H and O–H groups in total. The molecule has 1 heterocycles. The van der Waals surface area contributed by atoms with Gasteiger partial charge in [0, 0.05) is 0 Å². The highest BCUT2D eigenvalue weighted by Gasteiger charge is 2.31. The van der Waals surface area contributed by atoms with E-state index in [2.05, 4.69) is 13.8 Å². The average Bonchev–Trinajstić information content (AvgIpc) is 2.67. The Morgan fingerprint density at radius 3 is 2.58 bits per heavy atom. The lowest BCUT2D eigenvalue weighted by molar-refractivity contribution is -0.0326. The number of rotatable bonds is 5. The number of benzene rings is 1. The second-order valence-electron chi connectivity index (χ2n) is 6.05. The monoisotopic (exact) mass is 264 g/mol. The molecule has 2 atom stereocenters. The Hall–Kier alpha value is -1.06. The number of hydrogen-bond acceptors (Lipinski definition) is 3. The summed E-state index contributed by atoms with van der Waals surface area (Å²) in [4.78, 5) is 0. The van der Waals surface area contributed by atoms with E-state index in [0.717, 1.165) is 24.2 Å². The van der Waals surface area contributed by atoms with Crippen molar-refractivity contribution < 1.29 is 14.6 Å². The molecule has 0 aromatic heterocycles. The summed E-state index contributed by atoms with van der Waals surface area (Å²) in [6, 6.07) is 7.92. The van der Waals surface area contributed by atoms with Crippen molar-refractivity contribution in [2.24, 2.45) is 0 Å². The summed E-state index contributed by atoms with van der Waals surface area (Å²) in [7, 11) is 0. The average molecular weight is 264 g/mol. The van der Waals surface area contributed by atoms with Crippen LogP contribution >= 0.6 is 0 Å². The molecule has 2 unspecified atom stereocenters. The Morgan fingerprint density at radius 1 is 1.37 bits per heavy atom. The van der Waals surface area contributed by atoms with Gasteiger partial charge in [-0.25, -0.2) is 0 Å². The van der Waals surface area contributed by atoms with Crippen LogP contribution in [-0.4, -0.2) is 29.5 Å². The predicted octanol–water partition coefficient (Wildman–Crippen LogP) is 2.95. The van der Waals surface area contributed by atoms with Gasteiger partial charge < -0.3 is 14.6 Å². The van der Waals surface area contributed by atoms with Crippen LogP contribution in [0.15, 0.2) is 24.3 Å².